The predicted octanol–water partition coefficient (Wildman–Crippen LogP) is 4.45. The van der Waals surface area contributed by atoms with E-state index in [1.54, 1.807) is 42.5 Å². The first-order valence-electron chi connectivity index (χ1n) is 8.23. The van der Waals surface area contributed by atoms with E-state index in [1.165, 1.54) is 14.2 Å². The number of halogens is 1. The summed E-state index contributed by atoms with van der Waals surface area (Å²) in [5.41, 5.74) is 0.360. The molecule has 0 aromatic heterocycles. The minimum atomic E-state index is -0.879. The largest absolute Gasteiger partial charge is 0.506 e. The van der Waals surface area contributed by atoms with Crippen LogP contribution in [0.4, 0.5) is 0 Å². The summed E-state index contributed by atoms with van der Waals surface area (Å²) in [5, 5.41) is 11.8. The quantitative estimate of drug-likeness (QED) is 0.651. The van der Waals surface area contributed by atoms with E-state index in [9.17, 15) is 14.7 Å². The summed E-state index contributed by atoms with van der Waals surface area (Å²) < 4.78 is 15.2. The van der Waals surface area contributed by atoms with Gasteiger partial charge in [-0.05, 0) is 12.1 Å². The van der Waals surface area contributed by atoms with Gasteiger partial charge in [0.25, 0.3) is 0 Å². The smallest absolute Gasteiger partial charge is 0.342 e. The van der Waals surface area contributed by atoms with Crippen LogP contribution in [0.2, 0.25) is 5.02 Å². The highest BCUT2D eigenvalue weighted by Gasteiger charge is 2.31. The average molecular weight is 401 g/mol. The van der Waals surface area contributed by atoms with Crippen molar-refractivity contribution in [2.75, 3.05) is 21.3 Å². The number of fused-ring (bicyclic) bond motifs is 1. The molecule has 0 aliphatic heterocycles. The number of hydrogen-bond acceptors (Lipinski definition) is 6. The molecule has 0 aliphatic carbocycles. The number of carbonyl (C=O) groups is 2. The molecule has 3 aromatic rings. The maximum absolute atomic E-state index is 12.7. The Morgan fingerprint density at radius 2 is 1.54 bits per heavy atom. The van der Waals surface area contributed by atoms with Gasteiger partial charge >= 0.3 is 11.9 Å². The lowest BCUT2D eigenvalue weighted by atomic mass is 9.88. The second-order valence-corrected chi connectivity index (χ2v) is 6.23. The number of esters is 2. The molecule has 0 atom stereocenters. The lowest BCUT2D eigenvalue weighted by Crippen LogP contribution is -2.14. The highest BCUT2D eigenvalue weighted by Crippen LogP contribution is 2.46. The Kier molecular flexibility index (Phi) is 5.42. The normalized spacial score (nSPS) is 10.6. The van der Waals surface area contributed by atoms with Crippen LogP contribution < -0.4 is 4.74 Å². The Balaban J connectivity index is 2.65. The highest BCUT2D eigenvalue weighted by atomic mass is 35.5. The van der Waals surface area contributed by atoms with Crippen molar-refractivity contribution in [1.82, 2.24) is 0 Å². The van der Waals surface area contributed by atoms with Crippen LogP contribution in [0.25, 0.3) is 21.9 Å². The molecular weight excluding hydrogens is 384 g/mol. The summed E-state index contributed by atoms with van der Waals surface area (Å²) in [6, 6.07) is 11.8. The SMILES string of the molecule is COC(=O)c1c(C(=O)OC)c(-c2ccccc2OC)c2c(Cl)cccc2c1O. The van der Waals surface area contributed by atoms with Gasteiger partial charge in [-0.3, -0.25) is 0 Å². The van der Waals surface area contributed by atoms with Gasteiger partial charge in [-0.25, -0.2) is 9.59 Å². The molecule has 28 heavy (non-hydrogen) atoms. The number of rotatable bonds is 4. The molecule has 0 amide bonds. The summed E-state index contributed by atoms with van der Waals surface area (Å²) in [4.78, 5) is 25.2. The van der Waals surface area contributed by atoms with Gasteiger partial charge in [0.1, 0.15) is 17.1 Å². The minimum Gasteiger partial charge on any atom is -0.506 e. The summed E-state index contributed by atoms with van der Waals surface area (Å²) in [5.74, 6) is -1.66. The number of phenolic OH excluding ortho intramolecular Hbond substituents is 1. The molecule has 3 aromatic carbocycles. The third-order valence-corrected chi connectivity index (χ3v) is 4.73. The monoisotopic (exact) mass is 400 g/mol. The van der Waals surface area contributed by atoms with Gasteiger partial charge in [-0.15, -0.1) is 0 Å². The Bertz CT molecular complexity index is 1090. The van der Waals surface area contributed by atoms with E-state index in [2.05, 4.69) is 0 Å². The summed E-state index contributed by atoms with van der Waals surface area (Å²) in [6.07, 6.45) is 0. The second-order valence-electron chi connectivity index (χ2n) is 5.82. The molecule has 0 aliphatic rings. The number of ether oxygens (including phenoxy) is 3. The standard InChI is InChI=1S/C21H17ClO6/c1-26-14-10-5-4-7-11(14)16-15-12(8-6-9-13(15)22)19(23)18(21(25)28-3)17(16)20(24)27-2/h4-10,23H,1-3H3. The van der Waals surface area contributed by atoms with Crippen molar-refractivity contribution in [3.8, 4) is 22.6 Å². The molecule has 144 valence electrons. The van der Waals surface area contributed by atoms with Crippen LogP contribution in [0.1, 0.15) is 20.7 Å². The molecule has 7 heteroatoms. The molecule has 0 fully saturated rings. The zero-order valence-electron chi connectivity index (χ0n) is 15.4. The zero-order valence-corrected chi connectivity index (χ0v) is 16.2. The molecule has 0 radical (unpaired) electrons. The molecule has 0 bridgehead atoms. The lowest BCUT2D eigenvalue weighted by molar-refractivity contribution is 0.0553. The number of carbonyl (C=O) groups excluding carboxylic acids is 2. The maximum atomic E-state index is 12.7. The Hall–Kier alpha value is -3.25. The van der Waals surface area contributed by atoms with Crippen LogP contribution in [0, 0.1) is 0 Å². The van der Waals surface area contributed by atoms with Crippen LogP contribution >= 0.6 is 11.6 Å². The van der Waals surface area contributed by atoms with Crippen molar-refractivity contribution in [3.05, 3.63) is 58.6 Å². The predicted molar refractivity (Wildman–Crippen MR) is 105 cm³/mol. The molecule has 0 saturated heterocycles. The maximum Gasteiger partial charge on any atom is 0.342 e. The van der Waals surface area contributed by atoms with E-state index in [4.69, 9.17) is 25.8 Å². The second kappa shape index (κ2) is 7.78. The van der Waals surface area contributed by atoms with Crippen molar-refractivity contribution in [1.29, 1.82) is 0 Å². The van der Waals surface area contributed by atoms with Gasteiger partial charge in [0.05, 0.1) is 26.9 Å². The van der Waals surface area contributed by atoms with Crippen LogP contribution in [-0.4, -0.2) is 38.4 Å². The lowest BCUT2D eigenvalue weighted by Gasteiger charge is -2.19. The van der Waals surface area contributed by atoms with Crippen molar-refractivity contribution in [2.24, 2.45) is 0 Å². The number of para-hydroxylation sites is 1. The van der Waals surface area contributed by atoms with Crippen molar-refractivity contribution >= 4 is 34.3 Å². The first-order chi connectivity index (χ1) is 13.5. The Labute approximate surface area is 166 Å². The average Bonchev–Trinajstić information content (AvgIpc) is 2.72. The first-order valence-corrected chi connectivity index (χ1v) is 8.61. The molecule has 6 nitrogen and oxygen atoms in total. The Morgan fingerprint density at radius 1 is 0.893 bits per heavy atom. The first kappa shape index (κ1) is 19.5. The van der Waals surface area contributed by atoms with Gasteiger partial charge in [0, 0.05) is 26.9 Å². The molecule has 0 heterocycles. The number of hydrogen-bond donors (Lipinski definition) is 1. The molecule has 1 N–H and O–H groups in total. The van der Waals surface area contributed by atoms with E-state index in [0.717, 1.165) is 7.11 Å². The number of phenols is 1. The molecular formula is C21H17ClO6. The van der Waals surface area contributed by atoms with Gasteiger partial charge in [0.15, 0.2) is 0 Å². The van der Waals surface area contributed by atoms with Gasteiger partial charge in [0.2, 0.25) is 0 Å². The zero-order chi connectivity index (χ0) is 20.4. The summed E-state index contributed by atoms with van der Waals surface area (Å²) in [6.45, 7) is 0. The van der Waals surface area contributed by atoms with E-state index in [1.807, 2.05) is 0 Å². The fourth-order valence-electron chi connectivity index (χ4n) is 3.21. The summed E-state index contributed by atoms with van der Waals surface area (Å²) >= 11 is 6.45. The van der Waals surface area contributed by atoms with Gasteiger partial charge < -0.3 is 19.3 Å². The van der Waals surface area contributed by atoms with Crippen molar-refractivity contribution in [3.63, 3.8) is 0 Å². The third-order valence-electron chi connectivity index (χ3n) is 4.41. The Morgan fingerprint density at radius 3 is 2.18 bits per heavy atom. The van der Waals surface area contributed by atoms with E-state index >= 15 is 0 Å². The van der Waals surface area contributed by atoms with Gasteiger partial charge in [-0.1, -0.05) is 41.9 Å². The summed E-state index contributed by atoms with van der Waals surface area (Å²) in [7, 11) is 3.83. The van der Waals surface area contributed by atoms with Gasteiger partial charge in [-0.2, -0.15) is 0 Å². The topological polar surface area (TPSA) is 82.1 Å². The fraction of sp³-hybridized carbons (Fsp3) is 0.143. The van der Waals surface area contributed by atoms with E-state index in [0.29, 0.717) is 27.6 Å². The van der Waals surface area contributed by atoms with E-state index in [-0.39, 0.29) is 16.1 Å². The highest BCUT2D eigenvalue weighted by molar-refractivity contribution is 6.38. The van der Waals surface area contributed by atoms with E-state index < -0.39 is 17.7 Å². The van der Waals surface area contributed by atoms with Crippen molar-refractivity contribution in [2.45, 2.75) is 0 Å². The number of methoxy groups -OCH3 is 3. The minimum absolute atomic E-state index is 0.156. The van der Waals surface area contributed by atoms with Crippen LogP contribution in [-0.2, 0) is 9.47 Å². The fourth-order valence-corrected chi connectivity index (χ4v) is 3.48. The molecule has 0 saturated carbocycles. The van der Waals surface area contributed by atoms with Crippen LogP contribution in [0.5, 0.6) is 11.5 Å². The van der Waals surface area contributed by atoms with Crippen LogP contribution in [0.3, 0.4) is 0 Å². The van der Waals surface area contributed by atoms with Crippen LogP contribution in [0.15, 0.2) is 42.5 Å². The molecule has 3 rings (SSSR count). The van der Waals surface area contributed by atoms with Crippen molar-refractivity contribution < 1.29 is 28.9 Å². The molecule has 0 spiro atoms. The number of benzene rings is 3. The number of aromatic hydroxyl groups is 1. The third kappa shape index (κ3) is 3.01. The molecule has 0 unspecified atom stereocenters.